The number of thioether (sulfide) groups is 1. The van der Waals surface area contributed by atoms with E-state index in [1.807, 2.05) is 0 Å². The summed E-state index contributed by atoms with van der Waals surface area (Å²) in [6.07, 6.45) is 0.405. The molecule has 1 aliphatic rings. The van der Waals surface area contributed by atoms with E-state index in [9.17, 15) is 22.4 Å². The normalized spacial score (nSPS) is 17.6. The number of benzene rings is 2. The molecule has 1 fully saturated rings. The molecule has 1 N–H and O–H groups in total. The molecule has 0 spiro atoms. The average molecular weight is 462 g/mol. The van der Waals surface area contributed by atoms with Crippen LogP contribution in [0.1, 0.15) is 12.0 Å². The first-order valence-corrected chi connectivity index (χ1v) is 12.5. The van der Waals surface area contributed by atoms with Crippen LogP contribution >= 0.6 is 11.8 Å². The van der Waals surface area contributed by atoms with Crippen molar-refractivity contribution in [2.75, 3.05) is 17.3 Å². The van der Waals surface area contributed by atoms with Crippen molar-refractivity contribution in [3.63, 3.8) is 0 Å². The fourth-order valence-corrected chi connectivity index (χ4v) is 5.96. The van der Waals surface area contributed by atoms with Crippen molar-refractivity contribution in [2.45, 2.75) is 24.2 Å². The van der Waals surface area contributed by atoms with Crippen molar-refractivity contribution in [3.8, 4) is 0 Å². The molecule has 162 valence electrons. The Labute approximate surface area is 182 Å². The quantitative estimate of drug-likeness (QED) is 0.445. The van der Waals surface area contributed by atoms with E-state index in [0.717, 1.165) is 17.3 Å². The van der Waals surface area contributed by atoms with E-state index >= 15 is 0 Å². The smallest absolute Gasteiger partial charge is 0.262 e. The molecule has 2 heterocycles. The fourth-order valence-electron chi connectivity index (χ4n) is 3.48. The van der Waals surface area contributed by atoms with Crippen molar-refractivity contribution >= 4 is 38.4 Å². The number of nitrogens with one attached hydrogen (secondary N) is 1. The van der Waals surface area contributed by atoms with Gasteiger partial charge in [0, 0.05) is 6.04 Å². The molecule has 1 amide bonds. The highest BCUT2D eigenvalue weighted by Gasteiger charge is 2.29. The van der Waals surface area contributed by atoms with Crippen LogP contribution in [-0.4, -0.2) is 47.2 Å². The van der Waals surface area contributed by atoms with E-state index in [0.29, 0.717) is 22.5 Å². The molecular weight excluding hydrogens is 441 g/mol. The van der Waals surface area contributed by atoms with Gasteiger partial charge in [0.05, 0.1) is 34.7 Å². The second-order valence-electron chi connectivity index (χ2n) is 7.39. The summed E-state index contributed by atoms with van der Waals surface area (Å²) in [7, 11) is -3.09. The Hall–Kier alpha value is -2.72. The van der Waals surface area contributed by atoms with Gasteiger partial charge < -0.3 is 5.32 Å². The molecule has 0 radical (unpaired) electrons. The lowest BCUT2D eigenvalue weighted by atomic mass is 10.2. The number of hydrogen-bond acceptors (Lipinski definition) is 6. The topological polar surface area (TPSA) is 98.1 Å². The van der Waals surface area contributed by atoms with Crippen LogP contribution in [0.2, 0.25) is 0 Å². The second kappa shape index (κ2) is 8.80. The Morgan fingerprint density at radius 3 is 2.65 bits per heavy atom. The number of hydrogen-bond donors (Lipinski definition) is 1. The number of carbonyl (C=O) groups excluding carboxylic acids is 1. The second-order valence-corrected chi connectivity index (χ2v) is 10.6. The SMILES string of the molecule is O=C(CSc1nc2ccccc2c(=O)n1Cc1ccc(F)cc1)N[C@@H]1CCS(=O)(=O)C1. The molecule has 1 atom stereocenters. The first-order chi connectivity index (χ1) is 14.8. The maximum absolute atomic E-state index is 13.2. The van der Waals surface area contributed by atoms with Crippen molar-refractivity contribution in [2.24, 2.45) is 0 Å². The predicted molar refractivity (Wildman–Crippen MR) is 117 cm³/mol. The average Bonchev–Trinajstić information content (AvgIpc) is 3.08. The molecular formula is C21H20FN3O4S2. The van der Waals surface area contributed by atoms with Gasteiger partial charge in [0.1, 0.15) is 5.82 Å². The first-order valence-electron chi connectivity index (χ1n) is 9.67. The molecule has 31 heavy (non-hydrogen) atoms. The summed E-state index contributed by atoms with van der Waals surface area (Å²) >= 11 is 1.11. The number of halogens is 1. The van der Waals surface area contributed by atoms with Gasteiger partial charge in [0.25, 0.3) is 5.56 Å². The summed E-state index contributed by atoms with van der Waals surface area (Å²) in [5.74, 6) is -0.664. The van der Waals surface area contributed by atoms with Gasteiger partial charge in [0.2, 0.25) is 5.91 Å². The fraction of sp³-hybridized carbons (Fsp3) is 0.286. The summed E-state index contributed by atoms with van der Waals surface area (Å²) < 4.78 is 37.9. The van der Waals surface area contributed by atoms with Gasteiger partial charge in [-0.3, -0.25) is 14.2 Å². The van der Waals surface area contributed by atoms with Crippen LogP contribution in [0.3, 0.4) is 0 Å². The maximum atomic E-state index is 13.2. The van der Waals surface area contributed by atoms with Crippen LogP contribution in [0.4, 0.5) is 4.39 Å². The highest BCUT2D eigenvalue weighted by molar-refractivity contribution is 7.99. The third-order valence-electron chi connectivity index (χ3n) is 5.01. The molecule has 1 aromatic heterocycles. The van der Waals surface area contributed by atoms with Gasteiger partial charge in [-0.05, 0) is 36.2 Å². The Balaban J connectivity index is 1.57. The minimum absolute atomic E-state index is 0.00918. The Bertz CT molecular complexity index is 1290. The summed E-state index contributed by atoms with van der Waals surface area (Å²) in [6, 6.07) is 12.4. The van der Waals surface area contributed by atoms with Crippen molar-refractivity contribution in [3.05, 3.63) is 70.3 Å². The van der Waals surface area contributed by atoms with Gasteiger partial charge in [-0.15, -0.1) is 0 Å². The van der Waals surface area contributed by atoms with Crippen LogP contribution in [0, 0.1) is 5.82 Å². The number of aromatic nitrogens is 2. The van der Waals surface area contributed by atoms with Crippen LogP contribution in [0.25, 0.3) is 10.9 Å². The number of sulfone groups is 1. The van der Waals surface area contributed by atoms with E-state index < -0.39 is 9.84 Å². The number of para-hydroxylation sites is 1. The third kappa shape index (κ3) is 5.13. The largest absolute Gasteiger partial charge is 0.352 e. The number of fused-ring (bicyclic) bond motifs is 1. The van der Waals surface area contributed by atoms with Crippen LogP contribution in [0.5, 0.6) is 0 Å². The molecule has 3 aromatic rings. The third-order valence-corrected chi connectivity index (χ3v) is 7.75. The van der Waals surface area contributed by atoms with Gasteiger partial charge in [-0.1, -0.05) is 36.0 Å². The van der Waals surface area contributed by atoms with E-state index in [1.54, 1.807) is 36.4 Å². The number of amides is 1. The highest BCUT2D eigenvalue weighted by Crippen LogP contribution is 2.19. The summed E-state index contributed by atoms with van der Waals surface area (Å²) in [5, 5.41) is 3.55. The molecule has 10 heteroatoms. The van der Waals surface area contributed by atoms with Crippen molar-refractivity contribution in [1.29, 1.82) is 0 Å². The van der Waals surface area contributed by atoms with E-state index in [-0.39, 0.29) is 47.1 Å². The van der Waals surface area contributed by atoms with Crippen LogP contribution < -0.4 is 10.9 Å². The zero-order chi connectivity index (χ0) is 22.0. The lowest BCUT2D eigenvalue weighted by Crippen LogP contribution is -2.36. The molecule has 1 saturated heterocycles. The molecule has 0 unspecified atom stereocenters. The number of rotatable bonds is 6. The van der Waals surface area contributed by atoms with Gasteiger partial charge in [0.15, 0.2) is 15.0 Å². The van der Waals surface area contributed by atoms with Crippen molar-refractivity contribution < 1.29 is 17.6 Å². The lowest BCUT2D eigenvalue weighted by molar-refractivity contribution is -0.119. The summed E-state index contributed by atoms with van der Waals surface area (Å²) in [4.78, 5) is 30.0. The molecule has 7 nitrogen and oxygen atoms in total. The Kier molecular flexibility index (Phi) is 6.10. The van der Waals surface area contributed by atoms with Crippen LogP contribution in [0.15, 0.2) is 58.5 Å². The molecule has 1 aliphatic heterocycles. The minimum Gasteiger partial charge on any atom is -0.352 e. The number of carbonyl (C=O) groups is 1. The maximum Gasteiger partial charge on any atom is 0.262 e. The molecule has 0 bridgehead atoms. The number of nitrogens with zero attached hydrogens (tertiary/aromatic N) is 2. The van der Waals surface area contributed by atoms with Crippen LogP contribution in [-0.2, 0) is 21.2 Å². The Morgan fingerprint density at radius 1 is 1.19 bits per heavy atom. The molecule has 2 aromatic carbocycles. The zero-order valence-electron chi connectivity index (χ0n) is 16.5. The van der Waals surface area contributed by atoms with Gasteiger partial charge in [-0.25, -0.2) is 17.8 Å². The minimum atomic E-state index is -3.09. The van der Waals surface area contributed by atoms with Crippen molar-refractivity contribution in [1.82, 2.24) is 14.9 Å². The van der Waals surface area contributed by atoms with E-state index in [1.165, 1.54) is 16.7 Å². The van der Waals surface area contributed by atoms with Gasteiger partial charge in [-0.2, -0.15) is 0 Å². The lowest BCUT2D eigenvalue weighted by Gasteiger charge is -2.14. The Morgan fingerprint density at radius 2 is 1.94 bits per heavy atom. The molecule has 0 aliphatic carbocycles. The van der Waals surface area contributed by atoms with Gasteiger partial charge >= 0.3 is 0 Å². The monoisotopic (exact) mass is 461 g/mol. The molecule has 4 rings (SSSR count). The summed E-state index contributed by atoms with van der Waals surface area (Å²) in [5.41, 5.74) is 0.996. The first kappa shape index (κ1) is 21.5. The zero-order valence-corrected chi connectivity index (χ0v) is 18.1. The standard InChI is InChI=1S/C21H20FN3O4S2/c22-15-7-5-14(6-8-15)11-25-20(27)17-3-1-2-4-18(17)24-21(25)30-12-19(26)23-16-9-10-31(28,29)13-16/h1-8,16H,9-13H2,(H,23,26)/t16-/m1/s1. The molecule has 0 saturated carbocycles. The van der Waals surface area contributed by atoms with E-state index in [2.05, 4.69) is 10.3 Å². The summed E-state index contributed by atoms with van der Waals surface area (Å²) in [6.45, 7) is 0.182. The van der Waals surface area contributed by atoms with E-state index in [4.69, 9.17) is 0 Å². The predicted octanol–water partition coefficient (Wildman–Crippen LogP) is 1.98. The highest BCUT2D eigenvalue weighted by atomic mass is 32.2.